The van der Waals surface area contributed by atoms with E-state index in [4.69, 9.17) is 0 Å². The van der Waals surface area contributed by atoms with Gasteiger partial charge in [0.15, 0.2) is 5.96 Å². The fourth-order valence-electron chi connectivity index (χ4n) is 2.48. The number of carbonyl (C=O) groups is 1. The van der Waals surface area contributed by atoms with Crippen molar-refractivity contribution in [3.63, 3.8) is 0 Å². The minimum absolute atomic E-state index is 0. The van der Waals surface area contributed by atoms with Crippen LogP contribution < -0.4 is 16.0 Å². The Morgan fingerprint density at radius 1 is 1.25 bits per heavy atom. The molecule has 1 atom stereocenters. The summed E-state index contributed by atoms with van der Waals surface area (Å²) < 4.78 is 1.83. The second-order valence-corrected chi connectivity index (χ2v) is 6.48. The third kappa shape index (κ3) is 7.49. The normalized spacial score (nSPS) is 12.1. The van der Waals surface area contributed by atoms with E-state index in [-0.39, 0.29) is 35.9 Å². The summed E-state index contributed by atoms with van der Waals surface area (Å²) in [5.74, 6) is 0.685. The Morgan fingerprint density at radius 2 is 2.04 bits per heavy atom. The summed E-state index contributed by atoms with van der Waals surface area (Å²) in [6.07, 6.45) is 2.68. The predicted molar refractivity (Wildman–Crippen MR) is 124 cm³/mol. The number of aliphatic imine (C=N–C) groups is 1. The van der Waals surface area contributed by atoms with Crippen LogP contribution in [0, 0.1) is 0 Å². The van der Waals surface area contributed by atoms with Gasteiger partial charge in [0.25, 0.3) is 5.91 Å². The number of rotatable bonds is 8. The first kappa shape index (κ1) is 23.9. The van der Waals surface area contributed by atoms with E-state index in [0.29, 0.717) is 18.7 Å². The summed E-state index contributed by atoms with van der Waals surface area (Å²) in [7, 11) is 1.91. The molecule has 154 valence electrons. The Balaban J connectivity index is 0.00000392. The van der Waals surface area contributed by atoms with E-state index in [0.717, 1.165) is 30.2 Å². The quantitative estimate of drug-likeness (QED) is 0.297. The number of hydrogen-bond donors (Lipinski definition) is 3. The zero-order valence-electron chi connectivity index (χ0n) is 17.0. The van der Waals surface area contributed by atoms with E-state index in [1.807, 2.05) is 55.9 Å². The maximum Gasteiger partial charge on any atom is 0.251 e. The lowest BCUT2D eigenvalue weighted by molar-refractivity contribution is 0.0939. The van der Waals surface area contributed by atoms with Gasteiger partial charge in [-0.1, -0.05) is 19.1 Å². The van der Waals surface area contributed by atoms with Crippen LogP contribution in [0.15, 0.2) is 41.5 Å². The van der Waals surface area contributed by atoms with Crippen molar-refractivity contribution in [2.24, 2.45) is 12.0 Å². The predicted octanol–water partition coefficient (Wildman–Crippen LogP) is 2.82. The molecule has 0 bridgehead atoms. The first-order valence-electron chi connectivity index (χ1n) is 9.42. The summed E-state index contributed by atoms with van der Waals surface area (Å²) in [6.45, 7) is 7.99. The number of hydrogen-bond acceptors (Lipinski definition) is 3. The van der Waals surface area contributed by atoms with Gasteiger partial charge in [0.05, 0.1) is 18.8 Å². The molecule has 28 heavy (non-hydrogen) atoms. The van der Waals surface area contributed by atoms with E-state index in [1.54, 1.807) is 6.20 Å². The summed E-state index contributed by atoms with van der Waals surface area (Å²) in [5.41, 5.74) is 2.73. The number of guanidine groups is 1. The van der Waals surface area contributed by atoms with Crippen LogP contribution in [-0.4, -0.2) is 34.2 Å². The minimum atomic E-state index is -0.0450. The highest BCUT2D eigenvalue weighted by Crippen LogP contribution is 2.07. The molecule has 2 aromatic rings. The fourth-order valence-corrected chi connectivity index (χ4v) is 2.48. The number of aryl methyl sites for hydroxylation is 1. The highest BCUT2D eigenvalue weighted by molar-refractivity contribution is 14.0. The highest BCUT2D eigenvalue weighted by atomic mass is 127. The molecular weight excluding hydrogens is 467 g/mol. The van der Waals surface area contributed by atoms with Gasteiger partial charge in [-0.25, -0.2) is 4.99 Å². The lowest BCUT2D eigenvalue weighted by Gasteiger charge is -2.13. The number of nitrogens with zero attached hydrogens (tertiary/aromatic N) is 3. The van der Waals surface area contributed by atoms with Gasteiger partial charge in [0, 0.05) is 31.4 Å². The maximum atomic E-state index is 12.3. The van der Waals surface area contributed by atoms with Gasteiger partial charge in [0.2, 0.25) is 0 Å². The van der Waals surface area contributed by atoms with E-state index in [9.17, 15) is 4.79 Å². The number of benzene rings is 1. The van der Waals surface area contributed by atoms with Crippen molar-refractivity contribution < 1.29 is 4.79 Å². The van der Waals surface area contributed by atoms with Crippen molar-refractivity contribution in [1.29, 1.82) is 0 Å². The lowest BCUT2D eigenvalue weighted by Crippen LogP contribution is -2.37. The number of amides is 1. The van der Waals surface area contributed by atoms with Crippen molar-refractivity contribution in [3.05, 3.63) is 53.3 Å². The average Bonchev–Trinajstić information content (AvgIpc) is 3.09. The molecule has 1 aromatic carbocycles. The molecule has 0 aliphatic carbocycles. The van der Waals surface area contributed by atoms with Crippen LogP contribution in [0.5, 0.6) is 0 Å². The number of halogens is 1. The smallest absolute Gasteiger partial charge is 0.251 e. The second-order valence-electron chi connectivity index (χ2n) is 6.48. The molecule has 0 saturated heterocycles. The summed E-state index contributed by atoms with van der Waals surface area (Å²) in [5, 5.41) is 13.7. The van der Waals surface area contributed by atoms with Crippen LogP contribution in [0.4, 0.5) is 0 Å². The largest absolute Gasteiger partial charge is 0.357 e. The number of carbonyl (C=O) groups excluding carboxylic acids is 1. The average molecular weight is 498 g/mol. The first-order chi connectivity index (χ1) is 13.0. The molecule has 1 amide bonds. The van der Waals surface area contributed by atoms with Gasteiger partial charge in [-0.15, -0.1) is 24.0 Å². The van der Waals surface area contributed by atoms with E-state index in [2.05, 4.69) is 33.0 Å². The topological polar surface area (TPSA) is 83.3 Å². The van der Waals surface area contributed by atoms with Crippen molar-refractivity contribution >= 4 is 35.8 Å². The zero-order valence-corrected chi connectivity index (χ0v) is 19.4. The highest BCUT2D eigenvalue weighted by Gasteiger charge is 2.09. The van der Waals surface area contributed by atoms with E-state index < -0.39 is 0 Å². The Bertz CT molecular complexity index is 774. The summed E-state index contributed by atoms with van der Waals surface area (Å²) >= 11 is 0. The molecule has 1 aromatic heterocycles. The Labute approximate surface area is 184 Å². The molecule has 3 N–H and O–H groups in total. The summed E-state index contributed by atoms with van der Waals surface area (Å²) in [6, 6.07) is 9.73. The zero-order chi connectivity index (χ0) is 19.6. The molecule has 7 nitrogen and oxygen atoms in total. The molecule has 0 aliphatic rings. The van der Waals surface area contributed by atoms with Crippen LogP contribution in [0.2, 0.25) is 0 Å². The molecule has 8 heteroatoms. The SMILES string of the molecule is CCNC(=NCc1cccc(C(=O)NC(C)CC)c1)NCc1ccnn1C.I. The third-order valence-corrected chi connectivity index (χ3v) is 4.30. The molecule has 1 heterocycles. The van der Waals surface area contributed by atoms with E-state index in [1.165, 1.54) is 0 Å². The molecule has 2 rings (SSSR count). The van der Waals surface area contributed by atoms with Crippen LogP contribution >= 0.6 is 24.0 Å². The first-order valence-corrected chi connectivity index (χ1v) is 9.42. The molecule has 0 fully saturated rings. The van der Waals surface area contributed by atoms with E-state index >= 15 is 0 Å². The molecule has 0 spiro atoms. The lowest BCUT2D eigenvalue weighted by atomic mass is 10.1. The maximum absolute atomic E-state index is 12.3. The van der Waals surface area contributed by atoms with Crippen molar-refractivity contribution in [2.45, 2.75) is 46.3 Å². The molecular formula is C20H31IN6O. The van der Waals surface area contributed by atoms with Gasteiger partial charge in [-0.3, -0.25) is 9.48 Å². The Hall–Kier alpha value is -2.10. The second kappa shape index (κ2) is 12.4. The molecule has 0 radical (unpaired) electrons. The number of aromatic nitrogens is 2. The molecule has 1 unspecified atom stereocenters. The van der Waals surface area contributed by atoms with Crippen molar-refractivity contribution in [3.8, 4) is 0 Å². The number of nitrogens with one attached hydrogen (secondary N) is 3. The Morgan fingerprint density at radius 3 is 2.68 bits per heavy atom. The summed E-state index contributed by atoms with van der Waals surface area (Å²) in [4.78, 5) is 16.9. The van der Waals surface area contributed by atoms with Crippen molar-refractivity contribution in [2.75, 3.05) is 6.54 Å². The van der Waals surface area contributed by atoms with Gasteiger partial charge >= 0.3 is 0 Å². The fraction of sp³-hybridized carbons (Fsp3) is 0.450. The van der Waals surface area contributed by atoms with Gasteiger partial charge in [-0.05, 0) is 44.0 Å². The standard InChI is InChI=1S/C20H30N6O.HI/c1-5-15(3)25-19(27)17-9-7-8-16(12-17)13-22-20(21-6-2)23-14-18-10-11-24-26(18)4;/h7-12,15H,5-6,13-14H2,1-4H3,(H,25,27)(H2,21,22,23);1H. The minimum Gasteiger partial charge on any atom is -0.357 e. The van der Waals surface area contributed by atoms with Gasteiger partial charge in [-0.2, -0.15) is 5.10 Å². The van der Waals surface area contributed by atoms with Gasteiger partial charge < -0.3 is 16.0 Å². The third-order valence-electron chi connectivity index (χ3n) is 4.30. The Kier molecular flexibility index (Phi) is 10.6. The van der Waals surface area contributed by atoms with Crippen LogP contribution in [0.1, 0.15) is 48.8 Å². The van der Waals surface area contributed by atoms with Crippen LogP contribution in [-0.2, 0) is 20.1 Å². The molecule has 0 saturated carbocycles. The van der Waals surface area contributed by atoms with Crippen LogP contribution in [0.25, 0.3) is 0 Å². The van der Waals surface area contributed by atoms with Gasteiger partial charge in [0.1, 0.15) is 0 Å². The molecule has 0 aliphatic heterocycles. The monoisotopic (exact) mass is 498 g/mol. The van der Waals surface area contributed by atoms with Crippen LogP contribution in [0.3, 0.4) is 0 Å². The van der Waals surface area contributed by atoms with Crippen molar-refractivity contribution in [1.82, 2.24) is 25.7 Å².